The van der Waals surface area contributed by atoms with Gasteiger partial charge in [-0.05, 0) is 19.8 Å². The molecule has 1 aliphatic carbocycles. The molecule has 1 aromatic rings. The minimum atomic E-state index is -4.58. The van der Waals surface area contributed by atoms with Crippen LogP contribution in [-0.4, -0.2) is 15.5 Å². The molecule has 4 nitrogen and oxygen atoms in total. The Labute approximate surface area is 103 Å². The van der Waals surface area contributed by atoms with Gasteiger partial charge < -0.3 is 11.1 Å². The zero-order valence-electron chi connectivity index (χ0n) is 10.0. The van der Waals surface area contributed by atoms with Crippen LogP contribution >= 0.6 is 0 Å². The minimum Gasteiger partial charge on any atom is -0.384 e. The van der Waals surface area contributed by atoms with Crippen LogP contribution in [0.15, 0.2) is 6.07 Å². The number of nitrogen functional groups attached to an aromatic ring is 1. The molecule has 0 saturated heterocycles. The Bertz CT molecular complexity index is 438. The van der Waals surface area contributed by atoms with Gasteiger partial charge >= 0.3 is 6.18 Å². The second-order valence-corrected chi connectivity index (χ2v) is 4.89. The summed E-state index contributed by atoms with van der Waals surface area (Å²) in [7, 11) is 0. The number of hydrogen-bond donors (Lipinski definition) is 2. The van der Waals surface area contributed by atoms with Crippen LogP contribution in [0.2, 0.25) is 0 Å². The smallest absolute Gasteiger partial charge is 0.384 e. The topological polar surface area (TPSA) is 63.8 Å². The van der Waals surface area contributed by atoms with Gasteiger partial charge in [-0.15, -0.1) is 0 Å². The number of nitrogens with two attached hydrogens (primary N) is 1. The first-order valence-corrected chi connectivity index (χ1v) is 5.78. The van der Waals surface area contributed by atoms with Crippen molar-refractivity contribution in [1.29, 1.82) is 0 Å². The molecular weight excluding hydrogens is 245 g/mol. The summed E-state index contributed by atoms with van der Waals surface area (Å²) in [6.45, 7) is 1.98. The maximum absolute atomic E-state index is 12.5. The average molecular weight is 260 g/mol. The molecule has 1 heterocycles. The molecule has 100 valence electrons. The molecular formula is C11H15F3N4. The summed E-state index contributed by atoms with van der Waals surface area (Å²) >= 11 is 0. The van der Waals surface area contributed by atoms with Crippen LogP contribution in [0.3, 0.4) is 0 Å². The number of rotatable bonds is 2. The quantitative estimate of drug-likeness (QED) is 0.858. The number of nitrogens with zero attached hydrogens (tertiary/aromatic N) is 2. The third-order valence-electron chi connectivity index (χ3n) is 3.14. The van der Waals surface area contributed by atoms with Gasteiger partial charge in [-0.2, -0.15) is 13.2 Å². The van der Waals surface area contributed by atoms with Gasteiger partial charge in [-0.25, -0.2) is 9.97 Å². The second-order valence-electron chi connectivity index (χ2n) is 4.89. The van der Waals surface area contributed by atoms with E-state index >= 15 is 0 Å². The van der Waals surface area contributed by atoms with Crippen molar-refractivity contribution in [3.05, 3.63) is 11.9 Å². The minimum absolute atomic E-state index is 0.138. The Kier molecular flexibility index (Phi) is 3.08. The van der Waals surface area contributed by atoms with Gasteiger partial charge in [-0.3, -0.25) is 0 Å². The molecule has 0 bridgehead atoms. The molecule has 3 N–H and O–H groups in total. The van der Waals surface area contributed by atoms with Crippen LogP contribution in [0.25, 0.3) is 0 Å². The van der Waals surface area contributed by atoms with Crippen molar-refractivity contribution >= 4 is 11.6 Å². The van der Waals surface area contributed by atoms with Crippen molar-refractivity contribution in [3.63, 3.8) is 0 Å². The van der Waals surface area contributed by atoms with Crippen LogP contribution in [0.5, 0.6) is 0 Å². The lowest BCUT2D eigenvalue weighted by atomic mass is 10.0. The summed E-state index contributed by atoms with van der Waals surface area (Å²) in [4.78, 5) is 6.69. The van der Waals surface area contributed by atoms with Crippen LogP contribution in [0.4, 0.5) is 24.8 Å². The van der Waals surface area contributed by atoms with Crippen LogP contribution < -0.4 is 11.1 Å². The SMILES string of the molecule is CC1(Nc2cc(N)nc(C(F)(F)F)n2)CCCC1. The van der Waals surface area contributed by atoms with Gasteiger partial charge in [0, 0.05) is 11.6 Å². The number of halogens is 3. The molecule has 0 aromatic carbocycles. The molecule has 1 aliphatic rings. The summed E-state index contributed by atoms with van der Waals surface area (Å²) in [6.07, 6.45) is -0.620. The Balaban J connectivity index is 2.25. The molecule has 1 fully saturated rings. The number of hydrogen-bond acceptors (Lipinski definition) is 4. The number of alkyl halides is 3. The molecule has 0 spiro atoms. The lowest BCUT2D eigenvalue weighted by Gasteiger charge is -2.26. The van der Waals surface area contributed by atoms with Gasteiger partial charge in [-0.1, -0.05) is 12.8 Å². The average Bonchev–Trinajstić information content (AvgIpc) is 2.62. The zero-order valence-corrected chi connectivity index (χ0v) is 10.0. The zero-order chi connectivity index (χ0) is 13.4. The molecule has 7 heteroatoms. The first kappa shape index (κ1) is 12.9. The molecule has 0 amide bonds. The van der Waals surface area contributed by atoms with Gasteiger partial charge in [0.1, 0.15) is 11.6 Å². The van der Waals surface area contributed by atoms with Crippen molar-refractivity contribution in [2.45, 2.75) is 44.3 Å². The summed E-state index contributed by atoms with van der Waals surface area (Å²) < 4.78 is 37.6. The fraction of sp³-hybridized carbons (Fsp3) is 0.636. The summed E-state index contributed by atoms with van der Waals surface area (Å²) in [5.41, 5.74) is 5.18. The predicted molar refractivity (Wildman–Crippen MR) is 61.9 cm³/mol. The number of nitrogens with one attached hydrogen (secondary N) is 1. The van der Waals surface area contributed by atoms with E-state index in [1.165, 1.54) is 6.07 Å². The Morgan fingerprint density at radius 3 is 2.44 bits per heavy atom. The van der Waals surface area contributed by atoms with E-state index in [0.29, 0.717) is 0 Å². The van der Waals surface area contributed by atoms with Crippen molar-refractivity contribution in [2.75, 3.05) is 11.1 Å². The molecule has 2 rings (SSSR count). The standard InChI is InChI=1S/C11H15F3N4/c1-10(4-2-3-5-10)18-8-6-7(15)16-9(17-8)11(12,13)14/h6H,2-5H2,1H3,(H3,15,16,17,18). The van der Waals surface area contributed by atoms with E-state index in [0.717, 1.165) is 25.7 Å². The first-order valence-electron chi connectivity index (χ1n) is 5.78. The Morgan fingerprint density at radius 1 is 1.28 bits per heavy atom. The Morgan fingerprint density at radius 2 is 1.89 bits per heavy atom. The lowest BCUT2D eigenvalue weighted by molar-refractivity contribution is -0.144. The maximum Gasteiger partial charge on any atom is 0.451 e. The van der Waals surface area contributed by atoms with Gasteiger partial charge in [0.15, 0.2) is 0 Å². The van der Waals surface area contributed by atoms with E-state index in [2.05, 4.69) is 15.3 Å². The van der Waals surface area contributed by atoms with Crippen LogP contribution in [0, 0.1) is 0 Å². The van der Waals surface area contributed by atoms with Gasteiger partial charge in [0.25, 0.3) is 0 Å². The molecule has 1 aromatic heterocycles. The summed E-state index contributed by atoms with van der Waals surface area (Å²) in [5.74, 6) is -1.24. The van der Waals surface area contributed by atoms with Gasteiger partial charge in [0.05, 0.1) is 0 Å². The van der Waals surface area contributed by atoms with Gasteiger partial charge in [0.2, 0.25) is 5.82 Å². The van der Waals surface area contributed by atoms with Crippen molar-refractivity contribution < 1.29 is 13.2 Å². The Hall–Kier alpha value is -1.53. The highest BCUT2D eigenvalue weighted by Gasteiger charge is 2.36. The summed E-state index contributed by atoms with van der Waals surface area (Å²) in [5, 5.41) is 3.04. The third kappa shape index (κ3) is 2.83. The number of aromatic nitrogens is 2. The third-order valence-corrected chi connectivity index (χ3v) is 3.14. The molecule has 0 aliphatic heterocycles. The number of anilines is 2. The van der Waals surface area contributed by atoms with E-state index < -0.39 is 12.0 Å². The van der Waals surface area contributed by atoms with E-state index in [-0.39, 0.29) is 17.2 Å². The van der Waals surface area contributed by atoms with Crippen molar-refractivity contribution in [2.24, 2.45) is 0 Å². The molecule has 1 saturated carbocycles. The highest BCUT2D eigenvalue weighted by molar-refractivity contribution is 5.46. The molecule has 0 radical (unpaired) electrons. The summed E-state index contributed by atoms with van der Waals surface area (Å²) in [6, 6.07) is 1.33. The second kappa shape index (κ2) is 4.29. The fourth-order valence-corrected chi connectivity index (χ4v) is 2.25. The molecule has 0 unspecified atom stereocenters. The van der Waals surface area contributed by atoms with E-state index in [1.807, 2.05) is 6.92 Å². The normalized spacial score (nSPS) is 18.9. The maximum atomic E-state index is 12.5. The van der Waals surface area contributed by atoms with E-state index in [9.17, 15) is 13.2 Å². The monoisotopic (exact) mass is 260 g/mol. The highest BCUT2D eigenvalue weighted by atomic mass is 19.4. The predicted octanol–water partition coefficient (Wildman–Crippen LogP) is 2.82. The largest absolute Gasteiger partial charge is 0.451 e. The van der Waals surface area contributed by atoms with Crippen LogP contribution in [-0.2, 0) is 6.18 Å². The first-order chi connectivity index (χ1) is 8.28. The molecule has 18 heavy (non-hydrogen) atoms. The van der Waals surface area contributed by atoms with E-state index in [4.69, 9.17) is 5.73 Å². The highest BCUT2D eigenvalue weighted by Crippen LogP contribution is 2.33. The van der Waals surface area contributed by atoms with Crippen molar-refractivity contribution in [1.82, 2.24) is 9.97 Å². The fourth-order valence-electron chi connectivity index (χ4n) is 2.25. The molecule has 0 atom stereocenters. The van der Waals surface area contributed by atoms with Crippen LogP contribution in [0.1, 0.15) is 38.4 Å². The van der Waals surface area contributed by atoms with E-state index in [1.54, 1.807) is 0 Å². The lowest BCUT2D eigenvalue weighted by Crippen LogP contribution is -2.31. The van der Waals surface area contributed by atoms with Crippen molar-refractivity contribution in [3.8, 4) is 0 Å².